The van der Waals surface area contributed by atoms with Gasteiger partial charge in [0.15, 0.2) is 0 Å². The Labute approximate surface area is 185 Å². The molecule has 1 fully saturated rings. The van der Waals surface area contributed by atoms with Gasteiger partial charge in [-0.15, -0.1) is 0 Å². The molecule has 0 heterocycles. The standard InChI is InChI=1S/C25H28NO3PS/c1-20-16-18-23(19-17-20)31(28,29)26-24-14-8-9-15-25(24)30(27,21-10-4-2-5-11-21)22-12-6-3-7-13-22/h2,4-5,8-11,14-19,22,26H,3,6-7,12-13H2,1H3. The lowest BCUT2D eigenvalue weighted by molar-refractivity contribution is 0.490. The Morgan fingerprint density at radius 1 is 0.806 bits per heavy atom. The zero-order valence-corrected chi connectivity index (χ0v) is 19.4. The van der Waals surface area contributed by atoms with Gasteiger partial charge in [0.2, 0.25) is 0 Å². The highest BCUT2D eigenvalue weighted by molar-refractivity contribution is 7.93. The summed E-state index contributed by atoms with van der Waals surface area (Å²) < 4.78 is 43.8. The predicted octanol–water partition coefficient (Wildman–Crippen LogP) is 5.44. The van der Waals surface area contributed by atoms with Crippen molar-refractivity contribution in [1.29, 1.82) is 0 Å². The van der Waals surface area contributed by atoms with Crippen LogP contribution in [0.4, 0.5) is 5.69 Å². The van der Waals surface area contributed by atoms with Crippen molar-refractivity contribution in [1.82, 2.24) is 0 Å². The van der Waals surface area contributed by atoms with E-state index in [1.54, 1.807) is 36.4 Å². The van der Waals surface area contributed by atoms with Crippen LogP contribution in [0.15, 0.2) is 83.8 Å². The fraction of sp³-hybridized carbons (Fsp3) is 0.280. The van der Waals surface area contributed by atoms with Crippen LogP contribution in [-0.2, 0) is 14.6 Å². The molecule has 0 saturated heterocycles. The first kappa shape index (κ1) is 21.9. The first-order valence-electron chi connectivity index (χ1n) is 10.8. The lowest BCUT2D eigenvalue weighted by atomic mass is 10.0. The van der Waals surface area contributed by atoms with Crippen LogP contribution in [0.5, 0.6) is 0 Å². The summed E-state index contributed by atoms with van der Waals surface area (Å²) in [4.78, 5) is 0.195. The van der Waals surface area contributed by atoms with Crippen LogP contribution in [0.3, 0.4) is 0 Å². The van der Waals surface area contributed by atoms with E-state index in [0.717, 1.165) is 43.0 Å². The summed E-state index contributed by atoms with van der Waals surface area (Å²) >= 11 is 0. The maximum absolute atomic E-state index is 14.8. The maximum Gasteiger partial charge on any atom is 0.261 e. The van der Waals surface area contributed by atoms with Gasteiger partial charge in [0.05, 0.1) is 10.6 Å². The number of nitrogens with one attached hydrogen (secondary N) is 1. The van der Waals surface area contributed by atoms with Gasteiger partial charge in [0.1, 0.15) is 7.14 Å². The molecule has 1 unspecified atom stereocenters. The van der Waals surface area contributed by atoms with Crippen molar-refractivity contribution in [2.75, 3.05) is 4.72 Å². The van der Waals surface area contributed by atoms with E-state index in [0.29, 0.717) is 11.0 Å². The molecular formula is C25H28NO3PS. The molecule has 1 atom stereocenters. The first-order chi connectivity index (χ1) is 14.9. The maximum atomic E-state index is 14.8. The van der Waals surface area contributed by atoms with Gasteiger partial charge in [0.25, 0.3) is 10.0 Å². The first-order valence-corrected chi connectivity index (χ1v) is 14.0. The van der Waals surface area contributed by atoms with E-state index in [1.165, 1.54) is 0 Å². The molecule has 0 amide bonds. The van der Waals surface area contributed by atoms with Crippen molar-refractivity contribution < 1.29 is 13.0 Å². The van der Waals surface area contributed by atoms with Crippen LogP contribution in [-0.4, -0.2) is 14.1 Å². The molecule has 1 aliphatic rings. The quantitative estimate of drug-likeness (QED) is 0.506. The highest BCUT2D eigenvalue weighted by Gasteiger charge is 2.39. The van der Waals surface area contributed by atoms with Crippen LogP contribution >= 0.6 is 7.14 Å². The second-order valence-corrected chi connectivity index (χ2v) is 12.9. The highest BCUT2D eigenvalue weighted by atomic mass is 32.2. The normalized spacial score (nSPS) is 17.1. The van der Waals surface area contributed by atoms with Crippen molar-refractivity contribution in [3.8, 4) is 0 Å². The van der Waals surface area contributed by atoms with Crippen molar-refractivity contribution in [2.24, 2.45) is 0 Å². The van der Waals surface area contributed by atoms with Crippen LogP contribution in [0.2, 0.25) is 0 Å². The van der Waals surface area contributed by atoms with Gasteiger partial charge in [-0.05, 0) is 44.0 Å². The van der Waals surface area contributed by atoms with Crippen molar-refractivity contribution >= 4 is 33.5 Å². The van der Waals surface area contributed by atoms with Crippen LogP contribution in [0.1, 0.15) is 37.7 Å². The molecule has 0 aliphatic heterocycles. The average molecular weight is 454 g/mol. The Balaban J connectivity index is 1.81. The van der Waals surface area contributed by atoms with E-state index >= 15 is 0 Å². The van der Waals surface area contributed by atoms with E-state index in [4.69, 9.17) is 0 Å². The number of benzene rings is 3. The highest BCUT2D eigenvalue weighted by Crippen LogP contribution is 2.55. The number of rotatable bonds is 6. The second kappa shape index (κ2) is 9.02. The Morgan fingerprint density at radius 3 is 2.10 bits per heavy atom. The lowest BCUT2D eigenvalue weighted by Gasteiger charge is -2.32. The van der Waals surface area contributed by atoms with Crippen LogP contribution < -0.4 is 15.3 Å². The Bertz CT molecular complexity index is 1180. The molecule has 0 radical (unpaired) electrons. The molecule has 4 nitrogen and oxygen atoms in total. The summed E-state index contributed by atoms with van der Waals surface area (Å²) in [5.41, 5.74) is 1.42. The fourth-order valence-corrected chi connectivity index (χ4v) is 9.16. The van der Waals surface area contributed by atoms with Gasteiger partial charge in [-0.3, -0.25) is 4.72 Å². The summed E-state index contributed by atoms with van der Waals surface area (Å²) in [6.45, 7) is 1.92. The largest absolute Gasteiger partial charge is 0.313 e. The number of para-hydroxylation sites is 1. The number of hydrogen-bond acceptors (Lipinski definition) is 3. The van der Waals surface area contributed by atoms with Gasteiger partial charge < -0.3 is 4.57 Å². The summed E-state index contributed by atoms with van der Waals surface area (Å²) in [6, 6.07) is 23.5. The number of hydrogen-bond donors (Lipinski definition) is 1. The molecule has 1 saturated carbocycles. The summed E-state index contributed by atoms with van der Waals surface area (Å²) in [5.74, 6) is 0. The zero-order valence-electron chi connectivity index (χ0n) is 17.7. The lowest BCUT2D eigenvalue weighted by Crippen LogP contribution is -2.30. The number of sulfonamides is 1. The van der Waals surface area contributed by atoms with Gasteiger partial charge in [0, 0.05) is 16.3 Å². The summed E-state index contributed by atoms with van der Waals surface area (Å²) in [5, 5.41) is 1.40. The monoisotopic (exact) mass is 453 g/mol. The van der Waals surface area contributed by atoms with Crippen LogP contribution in [0.25, 0.3) is 0 Å². The molecule has 6 heteroatoms. The topological polar surface area (TPSA) is 63.2 Å². The summed E-state index contributed by atoms with van der Waals surface area (Å²) in [6.07, 6.45) is 5.06. The molecule has 0 aromatic heterocycles. The van der Waals surface area contributed by atoms with Crippen molar-refractivity contribution in [3.63, 3.8) is 0 Å². The molecule has 3 aromatic rings. The molecule has 0 bridgehead atoms. The van der Waals surface area contributed by atoms with Crippen molar-refractivity contribution in [3.05, 3.63) is 84.4 Å². The molecular weight excluding hydrogens is 425 g/mol. The Hall–Kier alpha value is -2.36. The third-order valence-corrected chi connectivity index (χ3v) is 11.2. The fourth-order valence-electron chi connectivity index (χ4n) is 4.41. The number of aryl methyl sites for hydroxylation is 1. The minimum Gasteiger partial charge on any atom is -0.313 e. The third-order valence-electron chi connectivity index (χ3n) is 6.07. The van der Waals surface area contributed by atoms with E-state index in [2.05, 4.69) is 4.72 Å². The molecule has 1 aliphatic carbocycles. The molecule has 3 aromatic carbocycles. The van der Waals surface area contributed by atoms with Gasteiger partial charge >= 0.3 is 0 Å². The van der Waals surface area contributed by atoms with Crippen molar-refractivity contribution in [2.45, 2.75) is 49.6 Å². The average Bonchev–Trinajstić information content (AvgIpc) is 2.80. The van der Waals surface area contributed by atoms with E-state index < -0.39 is 17.2 Å². The predicted molar refractivity (Wildman–Crippen MR) is 129 cm³/mol. The van der Waals surface area contributed by atoms with E-state index in [1.807, 2.05) is 49.4 Å². The molecule has 1 N–H and O–H groups in total. The Kier molecular flexibility index (Phi) is 6.36. The minimum absolute atomic E-state index is 0.0219. The summed E-state index contributed by atoms with van der Waals surface area (Å²) in [7, 11) is -6.85. The molecule has 0 spiro atoms. The van der Waals surface area contributed by atoms with Crippen LogP contribution in [0, 0.1) is 6.92 Å². The SMILES string of the molecule is Cc1ccc(S(=O)(=O)Nc2ccccc2P(=O)(c2ccccc2)C2CCCCC2)cc1. The molecule has 162 valence electrons. The van der Waals surface area contributed by atoms with Gasteiger partial charge in [-0.1, -0.05) is 79.4 Å². The molecule has 31 heavy (non-hydrogen) atoms. The van der Waals surface area contributed by atoms with Gasteiger partial charge in [-0.2, -0.15) is 0 Å². The smallest absolute Gasteiger partial charge is 0.261 e. The minimum atomic E-state index is -3.80. The Morgan fingerprint density at radius 2 is 1.42 bits per heavy atom. The number of anilines is 1. The van der Waals surface area contributed by atoms with Gasteiger partial charge in [-0.25, -0.2) is 8.42 Å². The van der Waals surface area contributed by atoms with E-state index in [9.17, 15) is 13.0 Å². The third kappa shape index (κ3) is 4.49. The molecule has 4 rings (SSSR count). The van der Waals surface area contributed by atoms with E-state index in [-0.39, 0.29) is 10.6 Å². The second-order valence-electron chi connectivity index (χ2n) is 8.22. The zero-order chi connectivity index (χ0) is 21.9.